The van der Waals surface area contributed by atoms with Crippen LogP contribution in [0.5, 0.6) is 11.5 Å². The van der Waals surface area contributed by atoms with E-state index >= 15 is 0 Å². The standard InChI is InChI=1S/C25H28N2O5S/c1-18-9-14-21(33(29,30)27(2)23-7-5-6-8-24(23)32-4)17-22(18)25(28)26-16-15-19-10-12-20(31-3)13-11-19/h5-14,17H,15-16H2,1-4H3,(H,26,28). The average molecular weight is 469 g/mol. The van der Waals surface area contributed by atoms with Crippen LogP contribution >= 0.6 is 0 Å². The van der Waals surface area contributed by atoms with Gasteiger partial charge in [-0.15, -0.1) is 0 Å². The number of benzene rings is 3. The van der Waals surface area contributed by atoms with E-state index in [9.17, 15) is 13.2 Å². The van der Waals surface area contributed by atoms with Crippen molar-refractivity contribution in [3.63, 3.8) is 0 Å². The molecule has 0 aliphatic carbocycles. The molecule has 0 saturated heterocycles. The lowest BCUT2D eigenvalue weighted by Crippen LogP contribution is -2.29. The number of carbonyl (C=O) groups is 1. The van der Waals surface area contributed by atoms with Crippen LogP contribution in [-0.2, 0) is 16.4 Å². The maximum atomic E-state index is 13.3. The van der Waals surface area contributed by atoms with Gasteiger partial charge < -0.3 is 14.8 Å². The van der Waals surface area contributed by atoms with E-state index in [4.69, 9.17) is 9.47 Å². The first-order chi connectivity index (χ1) is 15.8. The Morgan fingerprint density at radius 1 is 0.970 bits per heavy atom. The third kappa shape index (κ3) is 5.46. The van der Waals surface area contributed by atoms with Crippen molar-refractivity contribution in [2.45, 2.75) is 18.2 Å². The molecule has 0 bridgehead atoms. The quantitative estimate of drug-likeness (QED) is 0.516. The van der Waals surface area contributed by atoms with E-state index in [0.717, 1.165) is 15.6 Å². The van der Waals surface area contributed by atoms with E-state index < -0.39 is 10.0 Å². The SMILES string of the molecule is COc1ccc(CCNC(=O)c2cc(S(=O)(=O)N(C)c3ccccc3OC)ccc2C)cc1. The van der Waals surface area contributed by atoms with Crippen LogP contribution < -0.4 is 19.1 Å². The number of rotatable bonds is 9. The lowest BCUT2D eigenvalue weighted by molar-refractivity contribution is 0.0953. The molecule has 1 N–H and O–H groups in total. The molecule has 1 amide bonds. The zero-order valence-corrected chi connectivity index (χ0v) is 20.0. The number of sulfonamides is 1. The molecule has 0 saturated carbocycles. The summed E-state index contributed by atoms with van der Waals surface area (Å²) in [4.78, 5) is 12.8. The molecule has 174 valence electrons. The Hall–Kier alpha value is -3.52. The van der Waals surface area contributed by atoms with E-state index in [0.29, 0.717) is 35.5 Å². The molecule has 0 unspecified atom stereocenters. The lowest BCUT2D eigenvalue weighted by Gasteiger charge is -2.22. The average Bonchev–Trinajstić information content (AvgIpc) is 2.84. The van der Waals surface area contributed by atoms with Crippen LogP contribution in [0.15, 0.2) is 71.6 Å². The topological polar surface area (TPSA) is 84.9 Å². The Balaban J connectivity index is 1.76. The summed E-state index contributed by atoms with van der Waals surface area (Å²) in [5, 5.41) is 2.88. The van der Waals surface area contributed by atoms with Crippen molar-refractivity contribution in [2.24, 2.45) is 0 Å². The van der Waals surface area contributed by atoms with Gasteiger partial charge in [0.2, 0.25) is 0 Å². The summed E-state index contributed by atoms with van der Waals surface area (Å²) < 4.78 is 38.1. The fraction of sp³-hybridized carbons (Fsp3) is 0.240. The van der Waals surface area contributed by atoms with Crippen LogP contribution in [0.25, 0.3) is 0 Å². The summed E-state index contributed by atoms with van der Waals surface area (Å²) >= 11 is 0. The third-order valence-corrected chi connectivity index (χ3v) is 7.16. The number of nitrogens with one attached hydrogen (secondary N) is 1. The number of methoxy groups -OCH3 is 2. The first-order valence-electron chi connectivity index (χ1n) is 10.4. The maximum Gasteiger partial charge on any atom is 0.264 e. The summed E-state index contributed by atoms with van der Waals surface area (Å²) in [5.74, 6) is 0.889. The maximum absolute atomic E-state index is 13.3. The normalized spacial score (nSPS) is 11.0. The van der Waals surface area contributed by atoms with E-state index in [1.807, 2.05) is 24.3 Å². The molecule has 3 aromatic rings. The van der Waals surface area contributed by atoms with E-state index in [1.165, 1.54) is 26.3 Å². The van der Waals surface area contributed by atoms with Gasteiger partial charge in [0.15, 0.2) is 0 Å². The van der Waals surface area contributed by atoms with Gasteiger partial charge in [0.1, 0.15) is 11.5 Å². The van der Waals surface area contributed by atoms with E-state index in [1.54, 1.807) is 44.4 Å². The van der Waals surface area contributed by atoms with Crippen molar-refractivity contribution >= 4 is 21.6 Å². The van der Waals surface area contributed by atoms with Gasteiger partial charge in [-0.3, -0.25) is 9.10 Å². The predicted octanol–water partition coefficient (Wildman–Crippen LogP) is 3.81. The van der Waals surface area contributed by atoms with Gasteiger partial charge in [-0.2, -0.15) is 0 Å². The Labute approximate surface area is 195 Å². The van der Waals surface area contributed by atoms with Gasteiger partial charge >= 0.3 is 0 Å². The second-order valence-electron chi connectivity index (χ2n) is 7.48. The van der Waals surface area contributed by atoms with E-state index in [2.05, 4.69) is 5.32 Å². The molecule has 0 atom stereocenters. The highest BCUT2D eigenvalue weighted by molar-refractivity contribution is 7.92. The summed E-state index contributed by atoms with van der Waals surface area (Å²) in [6.45, 7) is 2.20. The van der Waals surface area contributed by atoms with Crippen molar-refractivity contribution in [1.29, 1.82) is 0 Å². The Morgan fingerprint density at radius 2 is 1.67 bits per heavy atom. The second kappa shape index (κ2) is 10.4. The molecule has 0 spiro atoms. The molecular weight excluding hydrogens is 440 g/mol. The first-order valence-corrected chi connectivity index (χ1v) is 11.9. The summed E-state index contributed by atoms with van der Waals surface area (Å²) in [6.07, 6.45) is 0.642. The zero-order valence-electron chi connectivity index (χ0n) is 19.2. The number of hydrogen-bond donors (Lipinski definition) is 1. The van der Waals surface area contributed by atoms with Crippen LogP contribution in [0.4, 0.5) is 5.69 Å². The number of ether oxygens (including phenoxy) is 2. The molecule has 8 heteroatoms. The smallest absolute Gasteiger partial charge is 0.264 e. The number of hydrogen-bond acceptors (Lipinski definition) is 5. The Kier molecular flexibility index (Phi) is 7.60. The highest BCUT2D eigenvalue weighted by Gasteiger charge is 2.25. The number of nitrogens with zero attached hydrogens (tertiary/aromatic N) is 1. The number of para-hydroxylation sites is 2. The van der Waals surface area contributed by atoms with Crippen molar-refractivity contribution in [3.05, 3.63) is 83.4 Å². The summed E-state index contributed by atoms with van der Waals surface area (Å²) in [6, 6.07) is 19.0. The minimum atomic E-state index is -3.91. The van der Waals surface area contributed by atoms with Gasteiger partial charge in [0, 0.05) is 19.2 Å². The van der Waals surface area contributed by atoms with Gasteiger partial charge in [-0.05, 0) is 60.9 Å². The summed E-state index contributed by atoms with van der Waals surface area (Å²) in [7, 11) is 0.651. The number of anilines is 1. The van der Waals surface area contributed by atoms with Crippen LogP contribution in [-0.4, -0.2) is 42.1 Å². The molecule has 0 heterocycles. The molecule has 0 aliphatic rings. The summed E-state index contributed by atoms with van der Waals surface area (Å²) in [5.41, 5.74) is 2.48. The van der Waals surface area contributed by atoms with Gasteiger partial charge in [-0.25, -0.2) is 8.42 Å². The lowest BCUT2D eigenvalue weighted by atomic mass is 10.1. The molecule has 33 heavy (non-hydrogen) atoms. The molecule has 3 aromatic carbocycles. The first kappa shape index (κ1) is 24.1. The number of carbonyl (C=O) groups excluding carboxylic acids is 1. The van der Waals surface area contributed by atoms with Crippen molar-refractivity contribution in [2.75, 3.05) is 32.1 Å². The van der Waals surface area contributed by atoms with Gasteiger partial charge in [0.25, 0.3) is 15.9 Å². The molecule has 3 rings (SSSR count). The highest BCUT2D eigenvalue weighted by Crippen LogP contribution is 2.31. The molecule has 0 aliphatic heterocycles. The molecule has 7 nitrogen and oxygen atoms in total. The zero-order chi connectivity index (χ0) is 24.0. The minimum Gasteiger partial charge on any atom is -0.497 e. The largest absolute Gasteiger partial charge is 0.497 e. The van der Waals surface area contributed by atoms with Crippen molar-refractivity contribution in [3.8, 4) is 11.5 Å². The number of aryl methyl sites for hydroxylation is 1. The monoisotopic (exact) mass is 468 g/mol. The molecule has 0 aromatic heterocycles. The molecule has 0 radical (unpaired) electrons. The second-order valence-corrected chi connectivity index (χ2v) is 9.44. The highest BCUT2D eigenvalue weighted by atomic mass is 32.2. The van der Waals surface area contributed by atoms with Crippen LogP contribution in [0.2, 0.25) is 0 Å². The van der Waals surface area contributed by atoms with Gasteiger partial charge in [0.05, 0.1) is 24.8 Å². The van der Waals surface area contributed by atoms with Crippen LogP contribution in [0.1, 0.15) is 21.5 Å². The van der Waals surface area contributed by atoms with Crippen molar-refractivity contribution < 1.29 is 22.7 Å². The van der Waals surface area contributed by atoms with Crippen molar-refractivity contribution in [1.82, 2.24) is 5.32 Å². The Bertz CT molecular complexity index is 1220. The fourth-order valence-corrected chi connectivity index (χ4v) is 4.62. The van der Waals surface area contributed by atoms with Crippen LogP contribution in [0.3, 0.4) is 0 Å². The van der Waals surface area contributed by atoms with Crippen LogP contribution in [0, 0.1) is 6.92 Å². The van der Waals surface area contributed by atoms with E-state index in [-0.39, 0.29) is 10.8 Å². The minimum absolute atomic E-state index is 0.0295. The van der Waals surface area contributed by atoms with Gasteiger partial charge in [-0.1, -0.05) is 30.3 Å². The molecular formula is C25H28N2O5S. The third-order valence-electron chi connectivity index (χ3n) is 5.39. The molecule has 0 fully saturated rings. The fourth-order valence-electron chi connectivity index (χ4n) is 3.39. The Morgan fingerprint density at radius 3 is 2.33 bits per heavy atom. The number of amides is 1. The predicted molar refractivity (Wildman–Crippen MR) is 129 cm³/mol.